The average Bonchev–Trinajstić information content (AvgIpc) is 3.22. The summed E-state index contributed by atoms with van der Waals surface area (Å²) < 4.78 is 2.55. The molecule has 7 nitrogen and oxygen atoms in total. The minimum Gasteiger partial charge on any atom is -0.337 e. The molecule has 166 valence electrons. The molecule has 0 unspecified atom stereocenters. The SMILES string of the molecule is CC(=O)N1CCc2c(sc3c2c(=O)n(-c2ccccc2)c(=O)n3CC(=O)c2ccccc2)C1. The maximum atomic E-state index is 13.6. The van der Waals surface area contributed by atoms with E-state index in [1.165, 1.54) is 22.8 Å². The highest BCUT2D eigenvalue weighted by atomic mass is 32.1. The molecule has 5 rings (SSSR count). The number of hydrogen-bond acceptors (Lipinski definition) is 5. The number of carbonyl (C=O) groups is 2. The van der Waals surface area contributed by atoms with Crippen LogP contribution in [-0.2, 0) is 24.3 Å². The minimum absolute atomic E-state index is 0.0311. The van der Waals surface area contributed by atoms with Crippen LogP contribution in [0.2, 0.25) is 0 Å². The van der Waals surface area contributed by atoms with E-state index >= 15 is 0 Å². The Hall–Kier alpha value is -3.78. The van der Waals surface area contributed by atoms with Gasteiger partial charge in [0, 0.05) is 23.9 Å². The lowest BCUT2D eigenvalue weighted by Crippen LogP contribution is -2.40. The third-order valence-corrected chi connectivity index (χ3v) is 7.22. The molecule has 0 saturated heterocycles. The second-order valence-corrected chi connectivity index (χ2v) is 9.09. The molecule has 3 heterocycles. The summed E-state index contributed by atoms with van der Waals surface area (Å²) in [5.41, 5.74) is 0.877. The number of nitrogens with zero attached hydrogens (tertiary/aromatic N) is 3. The van der Waals surface area contributed by atoms with Crippen molar-refractivity contribution in [3.8, 4) is 5.69 Å². The molecule has 1 amide bonds. The van der Waals surface area contributed by atoms with Gasteiger partial charge in [0.15, 0.2) is 5.78 Å². The summed E-state index contributed by atoms with van der Waals surface area (Å²) in [6.07, 6.45) is 0.532. The fourth-order valence-corrected chi connectivity index (χ4v) is 5.62. The number of amides is 1. The highest BCUT2D eigenvalue weighted by molar-refractivity contribution is 7.18. The first-order valence-electron chi connectivity index (χ1n) is 10.6. The van der Waals surface area contributed by atoms with Crippen LogP contribution in [0, 0.1) is 0 Å². The molecule has 1 aliphatic rings. The van der Waals surface area contributed by atoms with Crippen molar-refractivity contribution >= 4 is 33.2 Å². The first-order chi connectivity index (χ1) is 16.0. The zero-order valence-corrected chi connectivity index (χ0v) is 18.8. The lowest BCUT2D eigenvalue weighted by molar-refractivity contribution is -0.129. The fraction of sp³-hybridized carbons (Fsp3) is 0.200. The minimum atomic E-state index is -0.551. The second-order valence-electron chi connectivity index (χ2n) is 8.01. The van der Waals surface area contributed by atoms with Crippen molar-refractivity contribution in [1.82, 2.24) is 14.0 Å². The molecule has 0 N–H and O–H groups in total. The van der Waals surface area contributed by atoms with Crippen molar-refractivity contribution < 1.29 is 9.59 Å². The van der Waals surface area contributed by atoms with Crippen LogP contribution < -0.4 is 11.2 Å². The normalized spacial score (nSPS) is 13.2. The number of aromatic nitrogens is 2. The van der Waals surface area contributed by atoms with Gasteiger partial charge in [-0.25, -0.2) is 9.36 Å². The number of fused-ring (bicyclic) bond motifs is 3. The molecular weight excluding hydrogens is 438 g/mol. The van der Waals surface area contributed by atoms with Crippen molar-refractivity contribution in [2.75, 3.05) is 6.54 Å². The molecule has 2 aromatic heterocycles. The van der Waals surface area contributed by atoms with E-state index in [1.54, 1.807) is 53.4 Å². The Morgan fingerprint density at radius 3 is 2.30 bits per heavy atom. The summed E-state index contributed by atoms with van der Waals surface area (Å²) in [5, 5.41) is 0.461. The molecule has 0 saturated carbocycles. The molecule has 0 radical (unpaired) electrons. The Balaban J connectivity index is 1.76. The van der Waals surface area contributed by atoms with Crippen molar-refractivity contribution in [2.24, 2.45) is 0 Å². The van der Waals surface area contributed by atoms with Crippen LogP contribution in [0.25, 0.3) is 15.9 Å². The molecule has 0 aliphatic carbocycles. The molecule has 8 heteroatoms. The smallest absolute Gasteiger partial charge is 0.337 e. The zero-order valence-electron chi connectivity index (χ0n) is 18.0. The fourth-order valence-electron chi connectivity index (χ4n) is 4.28. The van der Waals surface area contributed by atoms with Gasteiger partial charge in [0.25, 0.3) is 5.56 Å². The summed E-state index contributed by atoms with van der Waals surface area (Å²) in [7, 11) is 0. The third-order valence-electron chi connectivity index (χ3n) is 5.98. The van der Waals surface area contributed by atoms with E-state index < -0.39 is 11.2 Å². The van der Waals surface area contributed by atoms with Gasteiger partial charge in [-0.05, 0) is 24.1 Å². The van der Waals surface area contributed by atoms with Crippen molar-refractivity contribution in [2.45, 2.75) is 26.4 Å². The Labute approximate surface area is 193 Å². The van der Waals surface area contributed by atoms with Gasteiger partial charge in [0.05, 0.1) is 24.2 Å². The predicted molar refractivity (Wildman–Crippen MR) is 127 cm³/mol. The molecule has 1 aliphatic heterocycles. The highest BCUT2D eigenvalue weighted by Crippen LogP contribution is 2.33. The summed E-state index contributed by atoms with van der Waals surface area (Å²) >= 11 is 1.32. The lowest BCUT2D eigenvalue weighted by atomic mass is 10.1. The Morgan fingerprint density at radius 1 is 0.970 bits per heavy atom. The van der Waals surface area contributed by atoms with Crippen LogP contribution in [0.4, 0.5) is 0 Å². The van der Waals surface area contributed by atoms with E-state index in [1.807, 2.05) is 12.1 Å². The number of Topliss-reactive ketones (excluding diaryl/α,β-unsaturated/α-hetero) is 1. The largest absolute Gasteiger partial charge is 0.337 e. The van der Waals surface area contributed by atoms with Crippen LogP contribution in [0.15, 0.2) is 70.3 Å². The van der Waals surface area contributed by atoms with Gasteiger partial charge in [-0.3, -0.25) is 19.0 Å². The van der Waals surface area contributed by atoms with Gasteiger partial charge < -0.3 is 4.90 Å². The van der Waals surface area contributed by atoms with Gasteiger partial charge in [0.2, 0.25) is 5.91 Å². The topological polar surface area (TPSA) is 81.4 Å². The monoisotopic (exact) mass is 459 g/mol. The van der Waals surface area contributed by atoms with E-state index in [0.717, 1.165) is 15.0 Å². The molecule has 33 heavy (non-hydrogen) atoms. The van der Waals surface area contributed by atoms with Crippen molar-refractivity contribution in [3.63, 3.8) is 0 Å². The Bertz CT molecular complexity index is 1500. The number of ketones is 1. The first-order valence-corrected chi connectivity index (χ1v) is 11.5. The summed E-state index contributed by atoms with van der Waals surface area (Å²) in [6, 6.07) is 17.5. The van der Waals surface area contributed by atoms with Crippen LogP contribution >= 0.6 is 11.3 Å². The molecule has 0 fully saturated rings. The van der Waals surface area contributed by atoms with E-state index in [-0.39, 0.29) is 18.2 Å². The van der Waals surface area contributed by atoms with Gasteiger partial charge in [-0.15, -0.1) is 11.3 Å². The van der Waals surface area contributed by atoms with Crippen LogP contribution in [-0.4, -0.2) is 32.3 Å². The lowest BCUT2D eigenvalue weighted by Gasteiger charge is -2.25. The third kappa shape index (κ3) is 3.62. The molecule has 0 bridgehead atoms. The first kappa shape index (κ1) is 21.1. The number of hydrogen-bond donors (Lipinski definition) is 0. The predicted octanol–water partition coefficient (Wildman–Crippen LogP) is 3.00. The molecule has 0 spiro atoms. The molecule has 0 atom stereocenters. The van der Waals surface area contributed by atoms with Gasteiger partial charge in [-0.1, -0.05) is 48.5 Å². The van der Waals surface area contributed by atoms with Gasteiger partial charge in [0.1, 0.15) is 4.83 Å². The van der Waals surface area contributed by atoms with Gasteiger partial charge >= 0.3 is 5.69 Å². The maximum absolute atomic E-state index is 13.6. The maximum Gasteiger partial charge on any atom is 0.337 e. The average molecular weight is 460 g/mol. The number of rotatable bonds is 4. The quantitative estimate of drug-likeness (QED) is 0.440. The summed E-state index contributed by atoms with van der Waals surface area (Å²) in [6.45, 7) is 2.26. The van der Waals surface area contributed by atoms with Crippen LogP contribution in [0.5, 0.6) is 0 Å². The van der Waals surface area contributed by atoms with E-state index in [9.17, 15) is 19.2 Å². The van der Waals surface area contributed by atoms with Gasteiger partial charge in [-0.2, -0.15) is 0 Å². The van der Waals surface area contributed by atoms with Crippen LogP contribution in [0.3, 0.4) is 0 Å². The number of benzene rings is 2. The van der Waals surface area contributed by atoms with Crippen LogP contribution in [0.1, 0.15) is 27.7 Å². The number of thiophene rings is 1. The molecule has 4 aromatic rings. The summed E-state index contributed by atoms with van der Waals surface area (Å²) in [4.78, 5) is 55.2. The highest BCUT2D eigenvalue weighted by Gasteiger charge is 2.28. The number of carbonyl (C=O) groups excluding carboxylic acids is 2. The second kappa shape index (κ2) is 8.29. The molecular formula is C25H21N3O4S. The molecule has 2 aromatic carbocycles. The van der Waals surface area contributed by atoms with E-state index in [4.69, 9.17) is 0 Å². The van der Waals surface area contributed by atoms with E-state index in [2.05, 4.69) is 0 Å². The number of para-hydroxylation sites is 1. The van der Waals surface area contributed by atoms with Crippen molar-refractivity contribution in [3.05, 3.63) is 97.5 Å². The van der Waals surface area contributed by atoms with Crippen molar-refractivity contribution in [1.29, 1.82) is 0 Å². The Morgan fingerprint density at radius 2 is 1.64 bits per heavy atom. The van der Waals surface area contributed by atoms with E-state index in [0.29, 0.717) is 41.0 Å². The Kier molecular flexibility index (Phi) is 5.30. The zero-order chi connectivity index (χ0) is 23.1. The summed E-state index contributed by atoms with van der Waals surface area (Å²) in [5.74, 6) is -0.245. The standard InChI is InChI=1S/C25H21N3O4S/c1-16(29)26-13-12-19-21(15-26)33-24-22(19)23(31)28(18-10-6-3-7-11-18)25(32)27(24)14-20(30)17-8-4-2-5-9-17/h2-11H,12-15H2,1H3.